The summed E-state index contributed by atoms with van der Waals surface area (Å²) >= 11 is 0. The largest absolute Gasteiger partial charge is 0.462 e. The fourth-order valence-electron chi connectivity index (χ4n) is 7.15. The normalized spacial score (nSPS) is 13.0. The van der Waals surface area contributed by atoms with Gasteiger partial charge in [-0.05, 0) is 135 Å². The van der Waals surface area contributed by atoms with Crippen LogP contribution in [0.25, 0.3) is 0 Å². The number of rotatable bonds is 49. The molecule has 6 nitrogen and oxygen atoms in total. The molecule has 0 fully saturated rings. The molecule has 0 aliphatic rings. The second kappa shape index (κ2) is 56.4. The van der Waals surface area contributed by atoms with Gasteiger partial charge in [0.15, 0.2) is 6.10 Å². The molecule has 0 aliphatic carbocycles. The first-order valence-corrected chi connectivity index (χ1v) is 28.0. The zero-order chi connectivity index (χ0) is 50.0. The molecule has 0 radical (unpaired) electrons. The number of hydrogen-bond acceptors (Lipinski definition) is 6. The lowest BCUT2D eigenvalue weighted by Gasteiger charge is -2.18. The maximum atomic E-state index is 12.8. The van der Waals surface area contributed by atoms with E-state index in [2.05, 4.69) is 142 Å². The molecule has 0 saturated heterocycles. The number of unbranched alkanes of at least 4 members (excludes halogenated alkanes) is 18. The highest BCUT2D eigenvalue weighted by molar-refractivity contribution is 5.71. The van der Waals surface area contributed by atoms with Gasteiger partial charge in [0.2, 0.25) is 0 Å². The van der Waals surface area contributed by atoms with Crippen molar-refractivity contribution < 1.29 is 28.6 Å². The first kappa shape index (κ1) is 64.8. The van der Waals surface area contributed by atoms with Gasteiger partial charge < -0.3 is 14.2 Å². The molecule has 6 heteroatoms. The van der Waals surface area contributed by atoms with Crippen LogP contribution in [-0.4, -0.2) is 37.2 Å². The fourth-order valence-corrected chi connectivity index (χ4v) is 7.15. The molecule has 0 aromatic rings. The van der Waals surface area contributed by atoms with Crippen LogP contribution in [0.15, 0.2) is 122 Å². The number of allylic oxidation sites excluding steroid dienone is 20. The van der Waals surface area contributed by atoms with Gasteiger partial charge in [-0.2, -0.15) is 0 Å². The fraction of sp³-hybridized carbons (Fsp3) is 0.635. The molecule has 0 aromatic heterocycles. The van der Waals surface area contributed by atoms with E-state index in [1.807, 2.05) is 0 Å². The van der Waals surface area contributed by atoms with Crippen LogP contribution in [0, 0.1) is 0 Å². The second-order valence-electron chi connectivity index (χ2n) is 18.1. The molecule has 0 unspecified atom stereocenters. The molecule has 1 atom stereocenters. The molecule has 0 amide bonds. The third-order valence-electron chi connectivity index (χ3n) is 11.4. The second-order valence-corrected chi connectivity index (χ2v) is 18.1. The Hall–Kier alpha value is -4.19. The molecule has 0 aromatic carbocycles. The molecular formula is C63H102O6. The van der Waals surface area contributed by atoms with Crippen molar-refractivity contribution in [1.82, 2.24) is 0 Å². The van der Waals surface area contributed by atoms with E-state index in [9.17, 15) is 14.4 Å². The zero-order valence-corrected chi connectivity index (χ0v) is 44.5. The number of esters is 3. The van der Waals surface area contributed by atoms with E-state index in [1.165, 1.54) is 77.0 Å². The van der Waals surface area contributed by atoms with Crippen LogP contribution in [0.5, 0.6) is 0 Å². The van der Waals surface area contributed by atoms with E-state index in [0.717, 1.165) is 116 Å². The van der Waals surface area contributed by atoms with Gasteiger partial charge in [-0.3, -0.25) is 14.4 Å². The topological polar surface area (TPSA) is 78.9 Å². The Labute approximate surface area is 424 Å². The van der Waals surface area contributed by atoms with Crippen LogP contribution >= 0.6 is 0 Å². The number of ether oxygens (including phenoxy) is 3. The van der Waals surface area contributed by atoms with E-state index < -0.39 is 6.10 Å². The van der Waals surface area contributed by atoms with Gasteiger partial charge in [-0.15, -0.1) is 0 Å². The van der Waals surface area contributed by atoms with Gasteiger partial charge in [0.25, 0.3) is 0 Å². The lowest BCUT2D eigenvalue weighted by molar-refractivity contribution is -0.167. The van der Waals surface area contributed by atoms with Crippen molar-refractivity contribution in [1.29, 1.82) is 0 Å². The Morgan fingerprint density at radius 3 is 0.870 bits per heavy atom. The lowest BCUT2D eigenvalue weighted by atomic mass is 10.1. The maximum absolute atomic E-state index is 12.8. The molecule has 390 valence electrons. The first-order valence-electron chi connectivity index (χ1n) is 28.0. The molecule has 0 heterocycles. The van der Waals surface area contributed by atoms with Crippen molar-refractivity contribution >= 4 is 17.9 Å². The standard InChI is InChI=1S/C63H102O6/c1-4-7-10-13-16-19-22-25-28-30-31-33-35-38-41-44-47-50-53-56-62(65)68-59-60(58-67-61(64)55-52-49-46-43-40-37-34-27-24-21-18-15-12-9-6-3)69-63(66)57-54-51-48-45-42-39-36-32-29-26-23-20-17-14-11-8-5-2/h16-21,25-29,31,33-34,36,38-39,41,45,48,60H,4-15,22-24,30,32,35,37,40,42-44,46-47,49-59H2,1-3H3/b19-16-,20-17-,21-18-,28-25-,29-26-,33-31-,34-27-,39-36-,41-38-,48-45-/t60-/m0/s1. The molecule has 69 heavy (non-hydrogen) atoms. The molecule has 0 saturated carbocycles. The Kier molecular flexibility index (Phi) is 53.0. The van der Waals surface area contributed by atoms with Crippen molar-refractivity contribution in [2.45, 2.75) is 245 Å². The van der Waals surface area contributed by atoms with E-state index >= 15 is 0 Å². The van der Waals surface area contributed by atoms with Gasteiger partial charge >= 0.3 is 17.9 Å². The van der Waals surface area contributed by atoms with Crippen molar-refractivity contribution in [3.8, 4) is 0 Å². The van der Waals surface area contributed by atoms with Gasteiger partial charge in [0, 0.05) is 19.3 Å². The van der Waals surface area contributed by atoms with Crippen molar-refractivity contribution in [2.75, 3.05) is 13.2 Å². The summed E-state index contributed by atoms with van der Waals surface area (Å²) in [5, 5.41) is 0. The Balaban J connectivity index is 4.58. The monoisotopic (exact) mass is 955 g/mol. The summed E-state index contributed by atoms with van der Waals surface area (Å²) in [4.78, 5) is 38.1. The average Bonchev–Trinajstić information content (AvgIpc) is 3.35. The van der Waals surface area contributed by atoms with Crippen LogP contribution in [-0.2, 0) is 28.6 Å². The summed E-state index contributed by atoms with van der Waals surface area (Å²) in [6.07, 6.45) is 77.5. The van der Waals surface area contributed by atoms with Crippen LogP contribution < -0.4 is 0 Å². The Morgan fingerprint density at radius 2 is 0.536 bits per heavy atom. The van der Waals surface area contributed by atoms with Crippen LogP contribution in [0.1, 0.15) is 239 Å². The van der Waals surface area contributed by atoms with Crippen LogP contribution in [0.4, 0.5) is 0 Å². The predicted molar refractivity (Wildman–Crippen MR) is 297 cm³/mol. The quantitative estimate of drug-likeness (QED) is 0.0262. The zero-order valence-electron chi connectivity index (χ0n) is 44.5. The number of carbonyl (C=O) groups is 3. The minimum Gasteiger partial charge on any atom is -0.462 e. The highest BCUT2D eigenvalue weighted by Crippen LogP contribution is 2.12. The third-order valence-corrected chi connectivity index (χ3v) is 11.4. The summed E-state index contributed by atoms with van der Waals surface area (Å²) in [5.41, 5.74) is 0. The van der Waals surface area contributed by atoms with Gasteiger partial charge in [-0.25, -0.2) is 0 Å². The predicted octanol–water partition coefficient (Wildman–Crippen LogP) is 18.9. The molecule has 0 spiro atoms. The smallest absolute Gasteiger partial charge is 0.306 e. The molecule has 0 rings (SSSR count). The molecular weight excluding hydrogens is 853 g/mol. The number of carbonyl (C=O) groups excluding carboxylic acids is 3. The van der Waals surface area contributed by atoms with E-state index in [-0.39, 0.29) is 37.5 Å². The van der Waals surface area contributed by atoms with Gasteiger partial charge in [0.1, 0.15) is 13.2 Å². The average molecular weight is 956 g/mol. The van der Waals surface area contributed by atoms with Crippen LogP contribution in [0.3, 0.4) is 0 Å². The third kappa shape index (κ3) is 54.6. The van der Waals surface area contributed by atoms with Gasteiger partial charge in [-0.1, -0.05) is 206 Å². The van der Waals surface area contributed by atoms with Crippen molar-refractivity contribution in [3.63, 3.8) is 0 Å². The Bertz CT molecular complexity index is 1470. The van der Waals surface area contributed by atoms with Crippen molar-refractivity contribution in [2.24, 2.45) is 0 Å². The summed E-state index contributed by atoms with van der Waals surface area (Å²) < 4.78 is 16.8. The minimum atomic E-state index is -0.830. The van der Waals surface area contributed by atoms with E-state index in [1.54, 1.807) is 0 Å². The lowest BCUT2D eigenvalue weighted by Crippen LogP contribution is -2.30. The summed E-state index contributed by atoms with van der Waals surface area (Å²) in [6, 6.07) is 0. The Morgan fingerprint density at radius 1 is 0.290 bits per heavy atom. The highest BCUT2D eigenvalue weighted by Gasteiger charge is 2.19. The van der Waals surface area contributed by atoms with Gasteiger partial charge in [0.05, 0.1) is 0 Å². The maximum Gasteiger partial charge on any atom is 0.306 e. The first-order chi connectivity index (χ1) is 34.0. The van der Waals surface area contributed by atoms with Crippen molar-refractivity contribution in [3.05, 3.63) is 122 Å². The molecule has 0 bridgehead atoms. The SMILES string of the molecule is CCCCC/C=C\C/C=C\C/C=C\C/C=C\CCCCCC(=O)OC[C@H](COC(=O)CCCCCCC/C=C\C/C=C\CCCCC)OC(=O)CCC/C=C\C/C=C\C/C=C\C/C=C\CCCCC. The highest BCUT2D eigenvalue weighted by atomic mass is 16.6. The van der Waals surface area contributed by atoms with Crippen LogP contribution in [0.2, 0.25) is 0 Å². The summed E-state index contributed by atoms with van der Waals surface area (Å²) in [6.45, 7) is 6.46. The molecule has 0 N–H and O–H groups in total. The summed E-state index contributed by atoms with van der Waals surface area (Å²) in [5.74, 6) is -1.03. The van der Waals surface area contributed by atoms with E-state index in [4.69, 9.17) is 14.2 Å². The summed E-state index contributed by atoms with van der Waals surface area (Å²) in [7, 11) is 0. The van der Waals surface area contributed by atoms with E-state index in [0.29, 0.717) is 19.3 Å². The minimum absolute atomic E-state index is 0.121. The number of hydrogen-bond donors (Lipinski definition) is 0. The molecule has 0 aliphatic heterocycles.